The molecule has 0 saturated heterocycles. The molecule has 0 bridgehead atoms. The Hall–Kier alpha value is -1.84. The number of anilines is 1. The highest BCUT2D eigenvalue weighted by atomic mass is 16.4. The first-order valence-corrected chi connectivity index (χ1v) is 6.72. The number of hydrogen-bond acceptors (Lipinski definition) is 2. The van der Waals surface area contributed by atoms with Gasteiger partial charge in [0.05, 0.1) is 6.42 Å². The lowest BCUT2D eigenvalue weighted by molar-refractivity contribution is -0.136. The van der Waals surface area contributed by atoms with E-state index >= 15 is 0 Å². The maximum atomic E-state index is 12.2. The predicted octanol–water partition coefficient (Wildman–Crippen LogP) is 3.07. The zero-order valence-corrected chi connectivity index (χ0v) is 11.3. The van der Waals surface area contributed by atoms with Gasteiger partial charge in [-0.05, 0) is 18.6 Å². The van der Waals surface area contributed by atoms with Gasteiger partial charge in [-0.15, -0.1) is 0 Å². The number of rotatable bonds is 8. The van der Waals surface area contributed by atoms with Crippen LogP contribution in [0.5, 0.6) is 0 Å². The molecule has 0 fully saturated rings. The summed E-state index contributed by atoms with van der Waals surface area (Å²) in [6.45, 7) is 2.31. The van der Waals surface area contributed by atoms with Crippen molar-refractivity contribution < 1.29 is 14.7 Å². The summed E-state index contributed by atoms with van der Waals surface area (Å²) in [5.74, 6) is -0.886. The summed E-state index contributed by atoms with van der Waals surface area (Å²) in [6, 6.07) is 9.24. The number of carbonyl (C=O) groups excluding carboxylic acids is 1. The van der Waals surface area contributed by atoms with Gasteiger partial charge in [0.2, 0.25) is 5.91 Å². The van der Waals surface area contributed by atoms with Crippen LogP contribution < -0.4 is 4.90 Å². The molecule has 4 nitrogen and oxygen atoms in total. The maximum absolute atomic E-state index is 12.2. The quantitative estimate of drug-likeness (QED) is 0.733. The highest BCUT2D eigenvalue weighted by Gasteiger charge is 2.16. The molecule has 104 valence electrons. The van der Waals surface area contributed by atoms with E-state index < -0.39 is 5.97 Å². The highest BCUT2D eigenvalue weighted by molar-refractivity contribution is 5.93. The van der Waals surface area contributed by atoms with Crippen LogP contribution in [0.1, 0.15) is 39.0 Å². The maximum Gasteiger partial charge on any atom is 0.305 e. The fraction of sp³-hybridized carbons (Fsp3) is 0.467. The summed E-state index contributed by atoms with van der Waals surface area (Å²) in [5, 5.41) is 8.77. The van der Waals surface area contributed by atoms with Gasteiger partial charge in [0, 0.05) is 18.7 Å². The third kappa shape index (κ3) is 5.55. The van der Waals surface area contributed by atoms with Gasteiger partial charge in [-0.3, -0.25) is 9.59 Å². The van der Waals surface area contributed by atoms with E-state index in [9.17, 15) is 9.59 Å². The third-order valence-electron chi connectivity index (χ3n) is 2.91. The summed E-state index contributed by atoms with van der Waals surface area (Å²) in [7, 11) is 0. The second-order valence-electron chi connectivity index (χ2n) is 4.48. The number of nitrogens with zero attached hydrogens (tertiary/aromatic N) is 1. The van der Waals surface area contributed by atoms with Gasteiger partial charge >= 0.3 is 5.97 Å². The first kappa shape index (κ1) is 15.2. The minimum absolute atomic E-state index is 0.000833. The monoisotopic (exact) mass is 263 g/mol. The average Bonchev–Trinajstić information content (AvgIpc) is 2.40. The third-order valence-corrected chi connectivity index (χ3v) is 2.91. The van der Waals surface area contributed by atoms with E-state index in [1.54, 1.807) is 4.90 Å². The summed E-state index contributed by atoms with van der Waals surface area (Å²) < 4.78 is 0. The number of carbonyl (C=O) groups is 2. The van der Waals surface area contributed by atoms with Gasteiger partial charge < -0.3 is 10.0 Å². The number of amides is 1. The first-order valence-electron chi connectivity index (χ1n) is 6.72. The Morgan fingerprint density at radius 3 is 2.37 bits per heavy atom. The molecule has 0 saturated carbocycles. The van der Waals surface area contributed by atoms with E-state index in [-0.39, 0.29) is 18.9 Å². The van der Waals surface area contributed by atoms with E-state index in [2.05, 4.69) is 6.92 Å². The Bertz CT molecular complexity index is 403. The Morgan fingerprint density at radius 2 is 1.79 bits per heavy atom. The van der Waals surface area contributed by atoms with Crippen LogP contribution in [0.25, 0.3) is 0 Å². The molecular formula is C15H21NO3. The lowest BCUT2D eigenvalue weighted by atomic mass is 10.1. The van der Waals surface area contributed by atoms with Crippen LogP contribution in [0.2, 0.25) is 0 Å². The molecule has 1 aromatic carbocycles. The smallest absolute Gasteiger partial charge is 0.305 e. The molecule has 1 amide bonds. The lowest BCUT2D eigenvalue weighted by Crippen LogP contribution is -2.32. The Balaban J connectivity index is 2.69. The summed E-state index contributed by atoms with van der Waals surface area (Å²) in [5.41, 5.74) is 0.769. The fourth-order valence-electron chi connectivity index (χ4n) is 1.87. The SMILES string of the molecule is CCCCCC(=O)N(CCC(=O)O)c1ccccc1. The van der Waals surface area contributed by atoms with Gasteiger partial charge in [0.1, 0.15) is 0 Å². The van der Waals surface area contributed by atoms with Crippen molar-refractivity contribution in [3.05, 3.63) is 30.3 Å². The van der Waals surface area contributed by atoms with Gasteiger partial charge in [0.15, 0.2) is 0 Å². The first-order chi connectivity index (χ1) is 9.15. The molecule has 0 aliphatic rings. The van der Waals surface area contributed by atoms with Crippen LogP contribution in [0.15, 0.2) is 30.3 Å². The van der Waals surface area contributed by atoms with E-state index in [4.69, 9.17) is 5.11 Å². The molecule has 0 aliphatic carbocycles. The van der Waals surface area contributed by atoms with Crippen molar-refractivity contribution in [2.75, 3.05) is 11.4 Å². The summed E-state index contributed by atoms with van der Waals surface area (Å²) in [4.78, 5) is 24.4. The van der Waals surface area contributed by atoms with Gasteiger partial charge in [-0.25, -0.2) is 0 Å². The molecule has 0 radical (unpaired) electrons. The highest BCUT2D eigenvalue weighted by Crippen LogP contribution is 2.16. The van der Waals surface area contributed by atoms with Crippen LogP contribution >= 0.6 is 0 Å². The zero-order valence-electron chi connectivity index (χ0n) is 11.3. The van der Waals surface area contributed by atoms with Crippen molar-refractivity contribution in [2.24, 2.45) is 0 Å². The molecule has 1 aromatic rings. The summed E-state index contributed by atoms with van der Waals surface area (Å²) in [6.07, 6.45) is 3.38. The molecule has 0 unspecified atom stereocenters. The normalized spacial score (nSPS) is 10.2. The van der Waals surface area contributed by atoms with Gasteiger partial charge in [0.25, 0.3) is 0 Å². The number of benzene rings is 1. The molecule has 4 heteroatoms. The number of aliphatic carboxylic acids is 1. The molecular weight excluding hydrogens is 242 g/mol. The van der Waals surface area contributed by atoms with Crippen LogP contribution in [-0.4, -0.2) is 23.5 Å². The number of hydrogen-bond donors (Lipinski definition) is 1. The minimum atomic E-state index is -0.887. The van der Waals surface area contributed by atoms with Gasteiger partial charge in [-0.2, -0.15) is 0 Å². The van der Waals surface area contributed by atoms with Gasteiger partial charge in [-0.1, -0.05) is 38.0 Å². The van der Waals surface area contributed by atoms with Crippen molar-refractivity contribution in [3.63, 3.8) is 0 Å². The molecule has 0 aromatic heterocycles. The molecule has 1 rings (SSSR count). The van der Waals surface area contributed by atoms with Crippen molar-refractivity contribution in [2.45, 2.75) is 39.0 Å². The number of unbranched alkanes of at least 4 members (excludes halogenated alkanes) is 2. The van der Waals surface area contributed by atoms with Crippen molar-refractivity contribution in [3.8, 4) is 0 Å². The largest absolute Gasteiger partial charge is 0.481 e. The van der Waals surface area contributed by atoms with E-state index in [0.717, 1.165) is 24.9 Å². The predicted molar refractivity (Wildman–Crippen MR) is 75.2 cm³/mol. The van der Waals surface area contributed by atoms with Crippen molar-refractivity contribution in [1.29, 1.82) is 0 Å². The Kier molecular flexibility index (Phi) is 6.64. The van der Waals surface area contributed by atoms with Crippen LogP contribution in [0.3, 0.4) is 0 Å². The lowest BCUT2D eigenvalue weighted by Gasteiger charge is -2.22. The number of para-hydroxylation sites is 1. The van der Waals surface area contributed by atoms with Crippen LogP contribution in [0, 0.1) is 0 Å². The Morgan fingerprint density at radius 1 is 1.11 bits per heavy atom. The average molecular weight is 263 g/mol. The number of carboxylic acid groups (broad SMARTS) is 1. The molecule has 0 spiro atoms. The second kappa shape index (κ2) is 8.29. The molecule has 0 atom stereocenters. The van der Waals surface area contributed by atoms with Crippen LogP contribution in [0.4, 0.5) is 5.69 Å². The topological polar surface area (TPSA) is 57.6 Å². The van der Waals surface area contributed by atoms with E-state index in [1.807, 2.05) is 30.3 Å². The minimum Gasteiger partial charge on any atom is -0.481 e. The molecule has 0 aliphatic heterocycles. The Labute approximate surface area is 114 Å². The van der Waals surface area contributed by atoms with E-state index in [1.165, 1.54) is 0 Å². The van der Waals surface area contributed by atoms with Crippen LogP contribution in [-0.2, 0) is 9.59 Å². The summed E-state index contributed by atoms with van der Waals surface area (Å²) >= 11 is 0. The fourth-order valence-corrected chi connectivity index (χ4v) is 1.87. The molecule has 19 heavy (non-hydrogen) atoms. The van der Waals surface area contributed by atoms with Crippen molar-refractivity contribution in [1.82, 2.24) is 0 Å². The van der Waals surface area contributed by atoms with Crippen molar-refractivity contribution >= 4 is 17.6 Å². The number of carboxylic acids is 1. The molecule has 0 heterocycles. The van der Waals surface area contributed by atoms with E-state index in [0.29, 0.717) is 6.42 Å². The second-order valence-corrected chi connectivity index (χ2v) is 4.48. The molecule has 1 N–H and O–H groups in total. The zero-order chi connectivity index (χ0) is 14.1. The standard InChI is InChI=1S/C15H21NO3/c1-2-3-5-10-14(17)16(12-11-15(18)19)13-8-6-4-7-9-13/h4,6-9H,2-3,5,10-12H2,1H3,(H,18,19).